The number of rotatable bonds is 1. The number of anilines is 1. The largest absolute Gasteiger partial charge is 0.322 e. The zero-order chi connectivity index (χ0) is 11.0. The summed E-state index contributed by atoms with van der Waals surface area (Å²) in [4.78, 5) is 12.5. The number of carbonyl (C=O) groups excluding carboxylic acids is 1. The first kappa shape index (κ1) is 9.82. The molecule has 3 nitrogen and oxygen atoms in total. The number of amides is 2. The van der Waals surface area contributed by atoms with E-state index in [2.05, 4.69) is 0 Å². The molecule has 2 rings (SSSR count). The number of urea groups is 1. The maximum atomic E-state index is 13.1. The molecule has 1 N–H and O–H groups in total. The third kappa shape index (κ3) is 1.88. The van der Waals surface area contributed by atoms with Gasteiger partial charge in [0.1, 0.15) is 11.5 Å². The lowest BCUT2D eigenvalue weighted by Gasteiger charge is -2.07. The summed E-state index contributed by atoms with van der Waals surface area (Å²) in [6.45, 7) is 1.09. The van der Waals surface area contributed by atoms with E-state index < -0.39 is 29.2 Å². The Bertz CT molecular complexity index is 418. The Kier molecular flexibility index (Phi) is 2.26. The van der Waals surface area contributed by atoms with Gasteiger partial charge in [-0.2, -0.15) is 0 Å². The Hall–Kier alpha value is -1.72. The molecule has 0 aromatic heterocycles. The van der Waals surface area contributed by atoms with Crippen LogP contribution in [0.1, 0.15) is 0 Å². The fourth-order valence-corrected chi connectivity index (χ4v) is 1.08. The van der Waals surface area contributed by atoms with Gasteiger partial charge in [-0.3, -0.25) is 0 Å². The molecule has 0 spiro atoms. The van der Waals surface area contributed by atoms with Gasteiger partial charge in [-0.05, 0) is 12.1 Å². The highest BCUT2D eigenvalue weighted by molar-refractivity contribution is 5.90. The summed E-state index contributed by atoms with van der Waals surface area (Å²) >= 11 is 0. The molecule has 15 heavy (non-hydrogen) atoms. The standard InChI is InChI=1S/C9H7F3N2O/c10-5-1-2-6(11)8(7(5)12)13-9(15)14-3-4-14/h1-2H,3-4H2,(H,13,15). The molecule has 2 amide bonds. The second-order valence-electron chi connectivity index (χ2n) is 3.14. The van der Waals surface area contributed by atoms with Gasteiger partial charge in [0.05, 0.1) is 0 Å². The minimum atomic E-state index is -1.38. The van der Waals surface area contributed by atoms with Crippen LogP contribution in [0, 0.1) is 17.5 Å². The number of carbonyl (C=O) groups is 1. The summed E-state index contributed by atoms with van der Waals surface area (Å²) in [6, 6.07) is 0.798. The topological polar surface area (TPSA) is 32.1 Å². The van der Waals surface area contributed by atoms with Gasteiger partial charge in [0, 0.05) is 13.1 Å². The molecule has 0 unspecified atom stereocenters. The van der Waals surface area contributed by atoms with Crippen LogP contribution in [0.3, 0.4) is 0 Å². The Labute approximate surface area is 83.5 Å². The van der Waals surface area contributed by atoms with Crippen LogP contribution in [0.4, 0.5) is 23.7 Å². The summed E-state index contributed by atoms with van der Waals surface area (Å²) in [6.07, 6.45) is 0. The Morgan fingerprint density at radius 2 is 1.80 bits per heavy atom. The van der Waals surface area contributed by atoms with Crippen molar-refractivity contribution < 1.29 is 18.0 Å². The van der Waals surface area contributed by atoms with Crippen molar-refractivity contribution in [3.8, 4) is 0 Å². The van der Waals surface area contributed by atoms with Crippen LogP contribution in [0.25, 0.3) is 0 Å². The van der Waals surface area contributed by atoms with Gasteiger partial charge < -0.3 is 10.2 Å². The number of hydrogen-bond acceptors (Lipinski definition) is 1. The molecule has 1 aliphatic heterocycles. The zero-order valence-corrected chi connectivity index (χ0v) is 7.56. The van der Waals surface area contributed by atoms with Crippen LogP contribution in [-0.4, -0.2) is 24.0 Å². The zero-order valence-electron chi connectivity index (χ0n) is 7.56. The SMILES string of the molecule is O=C(Nc1c(F)ccc(F)c1F)N1CC1. The van der Waals surface area contributed by atoms with E-state index in [1.807, 2.05) is 5.32 Å². The smallest absolute Gasteiger partial charge is 0.321 e. The highest BCUT2D eigenvalue weighted by atomic mass is 19.2. The van der Waals surface area contributed by atoms with Gasteiger partial charge in [0.25, 0.3) is 0 Å². The van der Waals surface area contributed by atoms with E-state index in [9.17, 15) is 18.0 Å². The Morgan fingerprint density at radius 1 is 1.20 bits per heavy atom. The lowest BCUT2D eigenvalue weighted by Crippen LogP contribution is -2.20. The minimum Gasteiger partial charge on any atom is -0.321 e. The van der Waals surface area contributed by atoms with Crippen molar-refractivity contribution in [1.82, 2.24) is 4.90 Å². The molecule has 0 bridgehead atoms. The second-order valence-corrected chi connectivity index (χ2v) is 3.14. The molecule has 1 aromatic rings. The van der Waals surface area contributed by atoms with Gasteiger partial charge >= 0.3 is 6.03 Å². The maximum absolute atomic E-state index is 13.1. The molecule has 1 heterocycles. The van der Waals surface area contributed by atoms with Gasteiger partial charge in [-0.15, -0.1) is 0 Å². The van der Waals surface area contributed by atoms with E-state index in [0.29, 0.717) is 19.2 Å². The van der Waals surface area contributed by atoms with Crippen LogP contribution in [0.15, 0.2) is 12.1 Å². The predicted molar refractivity (Wildman–Crippen MR) is 46.9 cm³/mol. The molecule has 1 fully saturated rings. The van der Waals surface area contributed by atoms with E-state index >= 15 is 0 Å². The Morgan fingerprint density at radius 3 is 2.40 bits per heavy atom. The Balaban J connectivity index is 2.26. The first-order chi connectivity index (χ1) is 7.09. The highest BCUT2D eigenvalue weighted by Gasteiger charge is 2.26. The summed E-state index contributed by atoms with van der Waals surface area (Å²) in [7, 11) is 0. The van der Waals surface area contributed by atoms with Crippen LogP contribution in [0.2, 0.25) is 0 Å². The van der Waals surface area contributed by atoms with Gasteiger partial charge in [-0.1, -0.05) is 0 Å². The van der Waals surface area contributed by atoms with Crippen molar-refractivity contribution in [2.45, 2.75) is 0 Å². The summed E-state index contributed by atoms with van der Waals surface area (Å²) in [5, 5.41) is 1.98. The minimum absolute atomic E-state index is 0.546. The average Bonchev–Trinajstić information content (AvgIpc) is 3.02. The molecule has 0 atom stereocenters. The first-order valence-corrected chi connectivity index (χ1v) is 4.29. The van der Waals surface area contributed by atoms with E-state index in [0.717, 1.165) is 6.07 Å². The van der Waals surface area contributed by atoms with Crippen LogP contribution in [-0.2, 0) is 0 Å². The van der Waals surface area contributed by atoms with Crippen molar-refractivity contribution in [3.63, 3.8) is 0 Å². The third-order valence-corrected chi connectivity index (χ3v) is 2.01. The fraction of sp³-hybridized carbons (Fsp3) is 0.222. The molecule has 0 radical (unpaired) electrons. The van der Waals surface area contributed by atoms with Crippen LogP contribution in [0.5, 0.6) is 0 Å². The summed E-state index contributed by atoms with van der Waals surface area (Å²) in [5.74, 6) is -3.58. The van der Waals surface area contributed by atoms with Gasteiger partial charge in [0.2, 0.25) is 0 Å². The van der Waals surface area contributed by atoms with Gasteiger partial charge in [-0.25, -0.2) is 18.0 Å². The van der Waals surface area contributed by atoms with Crippen molar-refractivity contribution in [2.24, 2.45) is 0 Å². The molecular formula is C9H7F3N2O. The molecular weight excluding hydrogens is 209 g/mol. The molecule has 6 heteroatoms. The van der Waals surface area contributed by atoms with E-state index in [4.69, 9.17) is 0 Å². The van der Waals surface area contributed by atoms with E-state index in [1.165, 1.54) is 4.90 Å². The normalized spacial score (nSPS) is 13.9. The van der Waals surface area contributed by atoms with E-state index in [-0.39, 0.29) is 0 Å². The van der Waals surface area contributed by atoms with Crippen molar-refractivity contribution in [2.75, 3.05) is 18.4 Å². The molecule has 1 aliphatic rings. The van der Waals surface area contributed by atoms with Crippen LogP contribution >= 0.6 is 0 Å². The molecule has 0 aliphatic carbocycles. The van der Waals surface area contributed by atoms with Crippen LogP contribution < -0.4 is 5.32 Å². The van der Waals surface area contributed by atoms with Gasteiger partial charge in [0.15, 0.2) is 11.6 Å². The number of hydrogen-bond donors (Lipinski definition) is 1. The molecule has 1 aromatic carbocycles. The highest BCUT2D eigenvalue weighted by Crippen LogP contribution is 2.22. The molecule has 80 valence electrons. The number of halogens is 3. The first-order valence-electron chi connectivity index (χ1n) is 4.29. The summed E-state index contributed by atoms with van der Waals surface area (Å²) < 4.78 is 38.8. The summed E-state index contributed by atoms with van der Waals surface area (Å²) in [5.41, 5.74) is -0.744. The quantitative estimate of drug-likeness (QED) is 0.564. The molecule has 0 saturated carbocycles. The lowest BCUT2D eigenvalue weighted by atomic mass is 10.3. The van der Waals surface area contributed by atoms with Crippen molar-refractivity contribution in [1.29, 1.82) is 0 Å². The lowest BCUT2D eigenvalue weighted by molar-refractivity contribution is 0.241. The van der Waals surface area contributed by atoms with Crippen molar-refractivity contribution >= 4 is 11.7 Å². The number of benzene rings is 1. The second kappa shape index (κ2) is 3.45. The fourth-order valence-electron chi connectivity index (χ4n) is 1.08. The number of nitrogens with one attached hydrogen (secondary N) is 1. The molecule has 1 saturated heterocycles. The van der Waals surface area contributed by atoms with Crippen molar-refractivity contribution in [3.05, 3.63) is 29.6 Å². The predicted octanol–water partition coefficient (Wildman–Crippen LogP) is 1.95. The van der Waals surface area contributed by atoms with E-state index in [1.54, 1.807) is 0 Å². The number of nitrogens with zero attached hydrogens (tertiary/aromatic N) is 1. The third-order valence-electron chi connectivity index (χ3n) is 2.01. The average molecular weight is 216 g/mol. The maximum Gasteiger partial charge on any atom is 0.322 e. The monoisotopic (exact) mass is 216 g/mol.